The third kappa shape index (κ3) is 1.26. The number of halogens is 1. The van der Waals surface area contributed by atoms with Crippen LogP contribution >= 0.6 is 0 Å². The zero-order chi connectivity index (χ0) is 11.6. The monoisotopic (exact) mass is 226 g/mol. The van der Waals surface area contributed by atoms with Gasteiger partial charge in [0.05, 0.1) is 12.5 Å². The second-order valence-electron chi connectivity index (χ2n) is 6.74. The first-order valence-electron chi connectivity index (χ1n) is 6.16. The molecular formula is C13H19FO2. The fraction of sp³-hybridized carbons (Fsp3) is 0.923. The number of ether oxygens (including phenoxy) is 1. The summed E-state index contributed by atoms with van der Waals surface area (Å²) >= 11 is 0. The molecule has 0 amide bonds. The van der Waals surface area contributed by atoms with E-state index in [0.717, 1.165) is 19.3 Å². The van der Waals surface area contributed by atoms with Gasteiger partial charge in [0, 0.05) is 0 Å². The van der Waals surface area contributed by atoms with Gasteiger partial charge in [-0.25, -0.2) is 4.39 Å². The molecule has 0 unspecified atom stereocenters. The third-order valence-electron chi connectivity index (χ3n) is 4.90. The summed E-state index contributed by atoms with van der Waals surface area (Å²) in [6.45, 7) is 2.14. The average molecular weight is 226 g/mol. The zero-order valence-electron chi connectivity index (χ0n) is 10.0. The first-order chi connectivity index (χ1) is 7.39. The maximum absolute atomic E-state index is 14.7. The first kappa shape index (κ1) is 10.5. The van der Waals surface area contributed by atoms with Crippen molar-refractivity contribution in [1.29, 1.82) is 0 Å². The molecule has 0 N–H and O–H groups in total. The minimum Gasteiger partial charge on any atom is -0.469 e. The zero-order valence-corrected chi connectivity index (χ0v) is 10.0. The van der Waals surface area contributed by atoms with E-state index in [0.29, 0.717) is 25.2 Å². The third-order valence-corrected chi connectivity index (χ3v) is 4.90. The number of hydrogen-bond acceptors (Lipinski definition) is 2. The van der Waals surface area contributed by atoms with Crippen LogP contribution in [-0.2, 0) is 9.53 Å². The second kappa shape index (κ2) is 2.80. The smallest absolute Gasteiger partial charge is 0.311 e. The van der Waals surface area contributed by atoms with Crippen LogP contribution in [0, 0.1) is 16.7 Å². The number of hydrogen-bond donors (Lipinski definition) is 0. The van der Waals surface area contributed by atoms with E-state index >= 15 is 0 Å². The van der Waals surface area contributed by atoms with Crippen molar-refractivity contribution in [3.05, 3.63) is 0 Å². The molecule has 0 spiro atoms. The van der Waals surface area contributed by atoms with Gasteiger partial charge in [-0.3, -0.25) is 4.79 Å². The van der Waals surface area contributed by atoms with Gasteiger partial charge in [0.25, 0.3) is 0 Å². The van der Waals surface area contributed by atoms with Gasteiger partial charge >= 0.3 is 5.97 Å². The van der Waals surface area contributed by atoms with Crippen LogP contribution in [0.25, 0.3) is 0 Å². The molecule has 16 heavy (non-hydrogen) atoms. The van der Waals surface area contributed by atoms with Crippen LogP contribution in [0.2, 0.25) is 0 Å². The maximum Gasteiger partial charge on any atom is 0.311 e. The summed E-state index contributed by atoms with van der Waals surface area (Å²) in [5.41, 5.74) is -1.57. The van der Waals surface area contributed by atoms with E-state index in [1.807, 2.05) is 0 Å². The number of alkyl halides is 1. The average Bonchev–Trinajstić information content (AvgIpc) is 2.10. The van der Waals surface area contributed by atoms with Crippen molar-refractivity contribution < 1.29 is 13.9 Å². The van der Waals surface area contributed by atoms with E-state index in [2.05, 4.69) is 6.92 Å². The highest BCUT2D eigenvalue weighted by Crippen LogP contribution is 2.67. The Morgan fingerprint density at radius 2 is 2.00 bits per heavy atom. The SMILES string of the molecule is COC(=O)[C@@]12C[C@@H]3C[C@](C)(C[C@](F)(C3)C1)C2. The summed E-state index contributed by atoms with van der Waals surface area (Å²) in [5.74, 6) is 0.218. The normalized spacial score (nSPS) is 54.1. The van der Waals surface area contributed by atoms with Crippen molar-refractivity contribution in [2.75, 3.05) is 7.11 Å². The molecule has 4 saturated carbocycles. The van der Waals surface area contributed by atoms with E-state index in [-0.39, 0.29) is 11.4 Å². The van der Waals surface area contributed by atoms with Gasteiger partial charge in [0.2, 0.25) is 0 Å². The Morgan fingerprint density at radius 3 is 2.56 bits per heavy atom. The lowest BCUT2D eigenvalue weighted by atomic mass is 9.43. The molecule has 0 aromatic heterocycles. The molecule has 0 aromatic carbocycles. The molecule has 0 radical (unpaired) electrons. The summed E-state index contributed by atoms with van der Waals surface area (Å²) in [6.07, 6.45) is 4.49. The van der Waals surface area contributed by atoms with Crippen LogP contribution in [0.15, 0.2) is 0 Å². The van der Waals surface area contributed by atoms with Crippen LogP contribution < -0.4 is 0 Å². The van der Waals surface area contributed by atoms with E-state index in [1.54, 1.807) is 0 Å². The van der Waals surface area contributed by atoms with Crippen molar-refractivity contribution in [3.8, 4) is 0 Å². The van der Waals surface area contributed by atoms with Crippen LogP contribution in [0.4, 0.5) is 4.39 Å². The van der Waals surface area contributed by atoms with Crippen molar-refractivity contribution in [2.24, 2.45) is 16.7 Å². The van der Waals surface area contributed by atoms with Crippen molar-refractivity contribution in [2.45, 2.75) is 51.1 Å². The van der Waals surface area contributed by atoms with Crippen LogP contribution in [0.1, 0.15) is 45.4 Å². The van der Waals surface area contributed by atoms with Gasteiger partial charge in [-0.05, 0) is 49.9 Å². The Bertz CT molecular complexity index is 334. The number of carbonyl (C=O) groups excluding carboxylic acids is 1. The van der Waals surface area contributed by atoms with E-state index in [9.17, 15) is 9.18 Å². The van der Waals surface area contributed by atoms with Crippen molar-refractivity contribution in [1.82, 2.24) is 0 Å². The molecule has 4 fully saturated rings. The standard InChI is InChI=1S/C13H19FO2/c1-11-3-9-4-12(6-11,10(15)16-2)8-13(14,5-9)7-11/h9H,3-8H2,1-2H3/t9-,11-,12+,13+/m0/s1. The van der Waals surface area contributed by atoms with Gasteiger partial charge in [-0.2, -0.15) is 0 Å². The summed E-state index contributed by atoms with van der Waals surface area (Å²) in [7, 11) is 1.42. The van der Waals surface area contributed by atoms with E-state index in [1.165, 1.54) is 7.11 Å². The molecule has 4 aliphatic carbocycles. The molecule has 0 saturated heterocycles. The molecule has 4 atom stereocenters. The summed E-state index contributed by atoms with van der Waals surface area (Å²) in [6, 6.07) is 0. The number of methoxy groups -OCH3 is 1. The predicted molar refractivity (Wildman–Crippen MR) is 57.6 cm³/mol. The molecule has 3 heteroatoms. The molecule has 0 heterocycles. The van der Waals surface area contributed by atoms with Crippen molar-refractivity contribution in [3.63, 3.8) is 0 Å². The topological polar surface area (TPSA) is 26.3 Å². The van der Waals surface area contributed by atoms with Gasteiger partial charge in [-0.1, -0.05) is 6.92 Å². The van der Waals surface area contributed by atoms with Gasteiger partial charge < -0.3 is 4.74 Å². The van der Waals surface area contributed by atoms with Crippen LogP contribution in [-0.4, -0.2) is 18.7 Å². The highest BCUT2D eigenvalue weighted by Gasteiger charge is 2.65. The molecule has 4 bridgehead atoms. The Balaban J connectivity index is 2.01. The molecule has 0 aromatic rings. The van der Waals surface area contributed by atoms with Crippen LogP contribution in [0.3, 0.4) is 0 Å². The van der Waals surface area contributed by atoms with E-state index < -0.39 is 11.1 Å². The number of rotatable bonds is 1. The molecule has 2 nitrogen and oxygen atoms in total. The van der Waals surface area contributed by atoms with Crippen LogP contribution in [0.5, 0.6) is 0 Å². The Labute approximate surface area is 95.5 Å². The Morgan fingerprint density at radius 1 is 1.25 bits per heavy atom. The molecule has 4 rings (SSSR count). The Hall–Kier alpha value is -0.600. The summed E-state index contributed by atoms with van der Waals surface area (Å²) < 4.78 is 19.6. The second-order valence-corrected chi connectivity index (χ2v) is 6.74. The largest absolute Gasteiger partial charge is 0.469 e. The van der Waals surface area contributed by atoms with E-state index in [4.69, 9.17) is 4.74 Å². The highest BCUT2D eigenvalue weighted by atomic mass is 19.1. The lowest BCUT2D eigenvalue weighted by molar-refractivity contribution is -0.194. The molecular weight excluding hydrogens is 207 g/mol. The fourth-order valence-corrected chi connectivity index (χ4v) is 5.24. The lowest BCUT2D eigenvalue weighted by Gasteiger charge is -2.61. The molecule has 4 aliphatic rings. The number of carbonyl (C=O) groups is 1. The summed E-state index contributed by atoms with van der Waals surface area (Å²) in [4.78, 5) is 12.0. The molecule has 0 aliphatic heterocycles. The van der Waals surface area contributed by atoms with Gasteiger partial charge in [0.15, 0.2) is 0 Å². The highest BCUT2D eigenvalue weighted by molar-refractivity contribution is 5.77. The predicted octanol–water partition coefficient (Wildman–Crippen LogP) is 2.86. The Kier molecular flexibility index (Phi) is 1.84. The van der Waals surface area contributed by atoms with Gasteiger partial charge in [-0.15, -0.1) is 0 Å². The van der Waals surface area contributed by atoms with Crippen molar-refractivity contribution >= 4 is 5.97 Å². The maximum atomic E-state index is 14.7. The first-order valence-corrected chi connectivity index (χ1v) is 6.16. The fourth-order valence-electron chi connectivity index (χ4n) is 5.24. The minimum atomic E-state index is -1.09. The minimum absolute atomic E-state index is 0.0301. The number of esters is 1. The van der Waals surface area contributed by atoms with Gasteiger partial charge in [0.1, 0.15) is 5.67 Å². The molecule has 90 valence electrons. The lowest BCUT2D eigenvalue weighted by Crippen LogP contribution is -2.60. The quantitative estimate of drug-likeness (QED) is 0.643. The summed E-state index contributed by atoms with van der Waals surface area (Å²) in [5, 5.41) is 0.